The van der Waals surface area contributed by atoms with Crippen LogP contribution in [0.4, 0.5) is 0 Å². The van der Waals surface area contributed by atoms with E-state index in [2.05, 4.69) is 414 Å². The second-order valence-corrected chi connectivity index (χ2v) is 34.2. The Balaban J connectivity index is 0.000000132. The van der Waals surface area contributed by atoms with E-state index in [0.717, 1.165) is 27.6 Å². The highest BCUT2D eigenvalue weighted by Crippen LogP contribution is 2.53. The first kappa shape index (κ1) is 66.8. The number of hydrogen-bond acceptors (Lipinski definition) is 3. The molecule has 552 valence electrons. The van der Waals surface area contributed by atoms with E-state index in [1.165, 1.54) is 211 Å². The van der Waals surface area contributed by atoms with E-state index >= 15 is 0 Å². The topological polar surface area (TPSA) is 32.9 Å². The molecule has 1 aliphatic carbocycles. The van der Waals surface area contributed by atoms with Crippen molar-refractivity contribution in [2.45, 2.75) is 19.3 Å². The lowest BCUT2D eigenvalue weighted by atomic mass is 9.81. The minimum atomic E-state index is -0.0818. The second kappa shape index (κ2) is 25.7. The summed E-state index contributed by atoms with van der Waals surface area (Å²) in [5.41, 5.74) is 31.4. The number of hydrogen-bond donors (Lipinski definition) is 0. The zero-order chi connectivity index (χ0) is 77.6. The Bertz CT molecular complexity index is 8550. The minimum Gasteiger partial charge on any atom is -0.456 e. The van der Waals surface area contributed by atoms with E-state index in [4.69, 9.17) is 4.42 Å². The van der Waals surface area contributed by atoms with Crippen LogP contribution >= 0.6 is 22.7 Å². The molecule has 1 aliphatic rings. The number of fused-ring (bicyclic) bond motifs is 24. The summed E-state index contributed by atoms with van der Waals surface area (Å²) in [5, 5.41) is 17.5. The Morgan fingerprint density at radius 2 is 0.576 bits per heavy atom. The van der Waals surface area contributed by atoms with Gasteiger partial charge in [-0.05, 0) is 201 Å². The first-order valence-corrected chi connectivity index (χ1v) is 42.2. The molecule has 25 aromatic rings. The predicted octanol–water partition coefficient (Wildman–Crippen LogP) is 31.4. The molecule has 0 saturated heterocycles. The van der Waals surface area contributed by atoms with Gasteiger partial charge in [0.05, 0.1) is 44.1 Å². The zero-order valence-electron chi connectivity index (χ0n) is 64.5. The van der Waals surface area contributed by atoms with E-state index in [1.807, 2.05) is 28.7 Å². The molecule has 0 atom stereocenters. The van der Waals surface area contributed by atoms with Gasteiger partial charge >= 0.3 is 0 Å². The summed E-state index contributed by atoms with van der Waals surface area (Å²) in [7, 11) is 0. The molecule has 118 heavy (non-hydrogen) atoms. The fraction of sp³-hybridized carbons (Fsp3) is 0.0270. The molecular formula is C111H70N4OS2. The van der Waals surface area contributed by atoms with Crippen LogP contribution in [-0.4, -0.2) is 18.3 Å². The molecule has 0 spiro atoms. The van der Waals surface area contributed by atoms with E-state index in [9.17, 15) is 0 Å². The van der Waals surface area contributed by atoms with Crippen LogP contribution in [0.1, 0.15) is 25.0 Å². The SMILES string of the molecule is CC1(C)c2ccccc2-c2ccc(-c3cc(-n4c5ccccc5c5c(-c6ccc7c(c6)c6ccccc6n7-c6ccccc6)cccc54)cc4c3sc3ccccc34)cc21.c1ccc(-n2c3ccccc3c3cc(-c4cccc5c4c4ccccc4n5-c4cc(-c5ccc6oc7ccccc7c6c5)c5sc6ccccc6c5c4)ccc32)cc1. The van der Waals surface area contributed by atoms with Crippen LogP contribution in [0.3, 0.4) is 0 Å². The molecule has 0 N–H and O–H groups in total. The molecule has 0 bridgehead atoms. The quantitative estimate of drug-likeness (QED) is 0.149. The molecule has 26 rings (SSSR count). The third-order valence-corrected chi connectivity index (χ3v) is 27.9. The van der Waals surface area contributed by atoms with E-state index in [0.29, 0.717) is 0 Å². The third-order valence-electron chi connectivity index (χ3n) is 25.4. The summed E-state index contributed by atoms with van der Waals surface area (Å²) < 4.78 is 21.3. The Morgan fingerprint density at radius 3 is 1.12 bits per heavy atom. The molecule has 5 nitrogen and oxygen atoms in total. The molecule has 0 fully saturated rings. The van der Waals surface area contributed by atoms with Crippen molar-refractivity contribution >= 4 is 172 Å². The smallest absolute Gasteiger partial charge is 0.135 e. The van der Waals surface area contributed by atoms with Gasteiger partial charge in [-0.1, -0.05) is 257 Å². The maximum absolute atomic E-state index is 6.27. The Labute approximate surface area is 686 Å². The van der Waals surface area contributed by atoms with Crippen LogP contribution in [0.15, 0.2) is 393 Å². The van der Waals surface area contributed by atoms with Gasteiger partial charge in [0.15, 0.2) is 0 Å². The van der Waals surface area contributed by atoms with Crippen molar-refractivity contribution in [3.05, 3.63) is 399 Å². The Hall–Kier alpha value is -14.6. The maximum Gasteiger partial charge on any atom is 0.135 e. The van der Waals surface area contributed by atoms with Gasteiger partial charge in [-0.25, -0.2) is 0 Å². The largest absolute Gasteiger partial charge is 0.456 e. The number of aromatic nitrogens is 4. The molecular weight excluding hydrogens is 1470 g/mol. The molecule has 0 saturated carbocycles. The van der Waals surface area contributed by atoms with Crippen LogP contribution in [0.2, 0.25) is 0 Å². The molecule has 7 aromatic heterocycles. The van der Waals surface area contributed by atoms with Crippen molar-refractivity contribution in [3.8, 4) is 78.4 Å². The number of furan rings is 1. The molecule has 7 heterocycles. The number of para-hydroxylation sites is 7. The zero-order valence-corrected chi connectivity index (χ0v) is 66.1. The van der Waals surface area contributed by atoms with E-state index in [1.54, 1.807) is 0 Å². The van der Waals surface area contributed by atoms with Crippen molar-refractivity contribution in [1.29, 1.82) is 0 Å². The lowest BCUT2D eigenvalue weighted by Crippen LogP contribution is -2.14. The summed E-state index contributed by atoms with van der Waals surface area (Å²) in [5.74, 6) is 0. The third kappa shape index (κ3) is 9.89. The highest BCUT2D eigenvalue weighted by atomic mass is 32.1. The molecule has 7 heteroatoms. The van der Waals surface area contributed by atoms with Gasteiger partial charge in [0.2, 0.25) is 0 Å². The van der Waals surface area contributed by atoms with Gasteiger partial charge in [0.1, 0.15) is 11.2 Å². The Morgan fingerprint density at radius 1 is 0.212 bits per heavy atom. The number of nitrogens with zero attached hydrogens (tertiary/aromatic N) is 4. The highest BCUT2D eigenvalue weighted by molar-refractivity contribution is 7.26. The normalized spacial score (nSPS) is 12.7. The van der Waals surface area contributed by atoms with E-state index in [-0.39, 0.29) is 5.41 Å². The van der Waals surface area contributed by atoms with Crippen LogP contribution in [0.5, 0.6) is 0 Å². The Kier molecular flexibility index (Phi) is 14.5. The first-order chi connectivity index (χ1) is 58.3. The van der Waals surface area contributed by atoms with Crippen LogP contribution < -0.4 is 0 Å². The molecule has 0 radical (unpaired) electrons. The van der Waals surface area contributed by atoms with E-state index < -0.39 is 0 Å². The number of rotatable bonds is 8. The highest BCUT2D eigenvalue weighted by Gasteiger charge is 2.36. The van der Waals surface area contributed by atoms with Gasteiger partial charge in [-0.3, -0.25) is 0 Å². The van der Waals surface area contributed by atoms with Crippen molar-refractivity contribution in [2.75, 3.05) is 0 Å². The maximum atomic E-state index is 6.27. The standard InChI is InChI=1S/C57H38N2S.C54H32N2OS/c1-57(2)48-22-10-6-17-40(48)41-29-27-36(32-49(41)57)45-33-38(34-47-43-19-9-13-26-54(43)60-56(45)47)59-51-24-12-8-20-44(51)55-39(21-14-25-53(55)59)35-28-30-52-46(31-35)42-18-7-11-23-50(42)58(52)37-15-4-3-5-16-37;1-2-13-35(14-3-1)55-46-20-8-4-15-38(46)43-29-33(25-27-48(43)55)37-19-12-22-49-53(37)41-18-5-9-21-47(41)56(49)36-31-42(54-45(32-36)40-17-7-11-24-52(40)58-54)34-26-28-51-44(30-34)39-16-6-10-23-50(39)57-51/h3-34H,1-2H3;1-32H. The summed E-state index contributed by atoms with van der Waals surface area (Å²) >= 11 is 3.78. The molecule has 0 amide bonds. The van der Waals surface area contributed by atoms with Gasteiger partial charge in [-0.15, -0.1) is 22.7 Å². The van der Waals surface area contributed by atoms with Crippen molar-refractivity contribution in [3.63, 3.8) is 0 Å². The van der Waals surface area contributed by atoms with Crippen LogP contribution in [-0.2, 0) is 5.41 Å². The van der Waals surface area contributed by atoms with Crippen molar-refractivity contribution in [1.82, 2.24) is 18.3 Å². The summed E-state index contributed by atoms with van der Waals surface area (Å²) in [4.78, 5) is 0. The molecule has 18 aromatic carbocycles. The number of thiophene rings is 2. The first-order valence-electron chi connectivity index (χ1n) is 40.6. The fourth-order valence-electron chi connectivity index (χ4n) is 20.1. The monoisotopic (exact) mass is 1540 g/mol. The summed E-state index contributed by atoms with van der Waals surface area (Å²) in [6.45, 7) is 4.75. The lowest BCUT2D eigenvalue weighted by Gasteiger charge is -2.22. The predicted molar refractivity (Wildman–Crippen MR) is 503 cm³/mol. The van der Waals surface area contributed by atoms with Crippen molar-refractivity contribution < 1.29 is 4.42 Å². The van der Waals surface area contributed by atoms with Gasteiger partial charge in [-0.2, -0.15) is 0 Å². The lowest BCUT2D eigenvalue weighted by molar-refractivity contribution is 0.660. The van der Waals surface area contributed by atoms with Gasteiger partial charge in [0, 0.05) is 133 Å². The summed E-state index contributed by atoms with van der Waals surface area (Å²) in [6, 6.07) is 143. The second-order valence-electron chi connectivity index (χ2n) is 32.1. The van der Waals surface area contributed by atoms with Crippen LogP contribution in [0.25, 0.3) is 228 Å². The average Bonchev–Trinajstić information content (AvgIpc) is 1.56. The summed E-state index contributed by atoms with van der Waals surface area (Å²) in [6.07, 6.45) is 0. The average molecular weight is 1540 g/mol. The van der Waals surface area contributed by atoms with Crippen molar-refractivity contribution in [2.24, 2.45) is 0 Å². The molecule has 0 unspecified atom stereocenters. The fourth-order valence-corrected chi connectivity index (χ4v) is 22.6. The van der Waals surface area contributed by atoms with Gasteiger partial charge in [0.25, 0.3) is 0 Å². The molecule has 0 aliphatic heterocycles. The number of benzene rings is 18. The minimum absolute atomic E-state index is 0.0818. The van der Waals surface area contributed by atoms with Gasteiger partial charge < -0.3 is 22.7 Å². The van der Waals surface area contributed by atoms with Crippen LogP contribution in [0, 0.1) is 0 Å².